The normalized spacial score (nSPS) is 11.3. The van der Waals surface area contributed by atoms with Crippen molar-refractivity contribution in [3.63, 3.8) is 0 Å². The molecule has 0 atom stereocenters. The fourth-order valence-corrected chi connectivity index (χ4v) is 2.58. The number of rotatable bonds is 5. The molecule has 3 aromatic rings. The molecule has 1 N–H and O–H groups in total. The molecule has 0 spiro atoms. The number of carbonyl (C=O) groups is 1. The van der Waals surface area contributed by atoms with Crippen molar-refractivity contribution in [2.45, 2.75) is 32.6 Å². The van der Waals surface area contributed by atoms with Crippen LogP contribution in [0.15, 0.2) is 53.1 Å². The highest BCUT2D eigenvalue weighted by Gasteiger charge is 2.15. The molecule has 1 aromatic heterocycles. The Kier molecular flexibility index (Phi) is 5.26. The predicted molar refractivity (Wildman–Crippen MR) is 104 cm³/mol. The maximum Gasteiger partial charge on any atom is 0.236 e. The Labute approximate surface area is 158 Å². The van der Waals surface area contributed by atoms with Crippen molar-refractivity contribution in [3.05, 3.63) is 60.0 Å². The SMILES string of the molecule is COc1ccc(-c2noc(CC(=O)Nc3ccc(C(C)(C)C)cc3)n2)cc1. The summed E-state index contributed by atoms with van der Waals surface area (Å²) >= 11 is 0. The van der Waals surface area contributed by atoms with Gasteiger partial charge in [0.25, 0.3) is 0 Å². The summed E-state index contributed by atoms with van der Waals surface area (Å²) in [7, 11) is 1.61. The number of methoxy groups -OCH3 is 1. The largest absolute Gasteiger partial charge is 0.497 e. The molecule has 0 radical (unpaired) electrons. The molecule has 27 heavy (non-hydrogen) atoms. The summed E-state index contributed by atoms with van der Waals surface area (Å²) in [5, 5.41) is 6.78. The van der Waals surface area contributed by atoms with Crippen molar-refractivity contribution in [1.82, 2.24) is 10.1 Å². The Hall–Kier alpha value is -3.15. The van der Waals surface area contributed by atoms with Crippen molar-refractivity contribution in [2.75, 3.05) is 12.4 Å². The second-order valence-electron chi connectivity index (χ2n) is 7.29. The van der Waals surface area contributed by atoms with Crippen molar-refractivity contribution < 1.29 is 14.1 Å². The molecule has 1 heterocycles. The molecule has 0 bridgehead atoms. The Morgan fingerprint density at radius 2 is 1.74 bits per heavy atom. The molecule has 3 rings (SSSR count). The highest BCUT2D eigenvalue weighted by Crippen LogP contribution is 2.24. The van der Waals surface area contributed by atoms with Gasteiger partial charge >= 0.3 is 0 Å². The molecule has 6 nitrogen and oxygen atoms in total. The number of aromatic nitrogens is 2. The summed E-state index contributed by atoms with van der Waals surface area (Å²) in [5.74, 6) is 1.25. The Balaban J connectivity index is 1.62. The van der Waals surface area contributed by atoms with Crippen LogP contribution in [0, 0.1) is 0 Å². The number of ether oxygens (including phenoxy) is 1. The van der Waals surface area contributed by atoms with Crippen LogP contribution in [0.1, 0.15) is 32.2 Å². The van der Waals surface area contributed by atoms with Crippen LogP contribution in [0.2, 0.25) is 0 Å². The van der Waals surface area contributed by atoms with Gasteiger partial charge in [0, 0.05) is 11.3 Å². The topological polar surface area (TPSA) is 77.2 Å². The van der Waals surface area contributed by atoms with E-state index in [9.17, 15) is 4.79 Å². The molecule has 2 aromatic carbocycles. The van der Waals surface area contributed by atoms with Gasteiger partial charge in [0.15, 0.2) is 0 Å². The molecule has 0 aliphatic carbocycles. The van der Waals surface area contributed by atoms with Gasteiger partial charge in [-0.3, -0.25) is 4.79 Å². The molecule has 0 saturated heterocycles. The van der Waals surface area contributed by atoms with E-state index in [2.05, 4.69) is 36.2 Å². The Morgan fingerprint density at radius 3 is 2.33 bits per heavy atom. The quantitative estimate of drug-likeness (QED) is 0.732. The van der Waals surface area contributed by atoms with Crippen LogP contribution in [0.3, 0.4) is 0 Å². The molecule has 0 unspecified atom stereocenters. The summed E-state index contributed by atoms with van der Waals surface area (Å²) in [4.78, 5) is 16.5. The first-order valence-corrected chi connectivity index (χ1v) is 8.72. The van der Waals surface area contributed by atoms with Gasteiger partial charge in [-0.25, -0.2) is 0 Å². The molecule has 0 aliphatic rings. The zero-order valence-electron chi connectivity index (χ0n) is 15.9. The summed E-state index contributed by atoms with van der Waals surface area (Å²) in [6, 6.07) is 15.1. The minimum Gasteiger partial charge on any atom is -0.497 e. The van der Waals surface area contributed by atoms with Crippen LogP contribution in [0.4, 0.5) is 5.69 Å². The van der Waals surface area contributed by atoms with E-state index in [1.807, 2.05) is 48.5 Å². The zero-order valence-corrected chi connectivity index (χ0v) is 15.9. The van der Waals surface area contributed by atoms with Crippen LogP contribution >= 0.6 is 0 Å². The van der Waals surface area contributed by atoms with Crippen molar-refractivity contribution in [2.24, 2.45) is 0 Å². The zero-order chi connectivity index (χ0) is 19.4. The van der Waals surface area contributed by atoms with E-state index in [1.165, 1.54) is 5.56 Å². The first kappa shape index (κ1) is 18.6. The van der Waals surface area contributed by atoms with Gasteiger partial charge < -0.3 is 14.6 Å². The molecule has 140 valence electrons. The standard InChI is InChI=1S/C21H23N3O3/c1-21(2,3)15-7-9-16(10-8-15)22-18(25)13-19-23-20(24-27-19)14-5-11-17(26-4)12-6-14/h5-12H,13H2,1-4H3,(H,22,25). The van der Waals surface area contributed by atoms with Crippen LogP contribution in [0.5, 0.6) is 5.75 Å². The van der Waals surface area contributed by atoms with Gasteiger partial charge in [-0.2, -0.15) is 4.98 Å². The predicted octanol–water partition coefficient (Wildman–Crippen LogP) is 4.22. The fraction of sp³-hybridized carbons (Fsp3) is 0.286. The third-order valence-electron chi connectivity index (χ3n) is 4.16. The van der Waals surface area contributed by atoms with Gasteiger partial charge in [-0.1, -0.05) is 38.1 Å². The summed E-state index contributed by atoms with van der Waals surface area (Å²) < 4.78 is 10.3. The lowest BCUT2D eigenvalue weighted by Gasteiger charge is -2.19. The lowest BCUT2D eigenvalue weighted by Crippen LogP contribution is -2.15. The smallest absolute Gasteiger partial charge is 0.236 e. The van der Waals surface area contributed by atoms with Crippen LogP contribution in [-0.4, -0.2) is 23.2 Å². The van der Waals surface area contributed by atoms with Crippen LogP contribution in [-0.2, 0) is 16.6 Å². The minimum atomic E-state index is -0.205. The van der Waals surface area contributed by atoms with Crippen molar-refractivity contribution in [3.8, 4) is 17.1 Å². The molecule has 0 fully saturated rings. The number of amides is 1. The first-order chi connectivity index (χ1) is 12.8. The number of hydrogen-bond donors (Lipinski definition) is 1. The lowest BCUT2D eigenvalue weighted by atomic mass is 9.87. The third-order valence-corrected chi connectivity index (χ3v) is 4.16. The second-order valence-corrected chi connectivity index (χ2v) is 7.29. The first-order valence-electron chi connectivity index (χ1n) is 8.72. The fourth-order valence-electron chi connectivity index (χ4n) is 2.58. The van der Waals surface area contributed by atoms with E-state index < -0.39 is 0 Å². The molecule has 6 heteroatoms. The van der Waals surface area contributed by atoms with E-state index in [0.29, 0.717) is 5.82 Å². The van der Waals surface area contributed by atoms with Gasteiger partial charge in [-0.15, -0.1) is 0 Å². The molecule has 0 aliphatic heterocycles. The molecule has 1 amide bonds. The number of hydrogen-bond acceptors (Lipinski definition) is 5. The number of nitrogens with one attached hydrogen (secondary N) is 1. The monoisotopic (exact) mass is 365 g/mol. The second kappa shape index (κ2) is 7.61. The van der Waals surface area contributed by atoms with Crippen LogP contribution < -0.4 is 10.1 Å². The summed E-state index contributed by atoms with van der Waals surface area (Å²) in [6.45, 7) is 6.45. The van der Waals surface area contributed by atoms with Gasteiger partial charge in [-0.05, 0) is 47.4 Å². The number of nitrogens with zero attached hydrogens (tertiary/aromatic N) is 2. The Bertz CT molecular complexity index is 907. The number of benzene rings is 2. The molecule has 0 saturated carbocycles. The summed E-state index contributed by atoms with van der Waals surface area (Å²) in [5.41, 5.74) is 2.82. The van der Waals surface area contributed by atoms with Gasteiger partial charge in [0.2, 0.25) is 17.6 Å². The van der Waals surface area contributed by atoms with E-state index in [0.717, 1.165) is 17.0 Å². The number of carbonyl (C=O) groups excluding carboxylic acids is 1. The van der Waals surface area contributed by atoms with E-state index in [1.54, 1.807) is 7.11 Å². The highest BCUT2D eigenvalue weighted by atomic mass is 16.5. The van der Waals surface area contributed by atoms with E-state index in [-0.39, 0.29) is 23.6 Å². The maximum absolute atomic E-state index is 12.2. The van der Waals surface area contributed by atoms with E-state index in [4.69, 9.17) is 9.26 Å². The molecular weight excluding hydrogens is 342 g/mol. The Morgan fingerprint density at radius 1 is 1.07 bits per heavy atom. The van der Waals surface area contributed by atoms with Crippen molar-refractivity contribution >= 4 is 11.6 Å². The summed E-state index contributed by atoms with van der Waals surface area (Å²) in [6.07, 6.45) is 0.0180. The maximum atomic E-state index is 12.2. The number of anilines is 1. The van der Waals surface area contributed by atoms with Crippen molar-refractivity contribution in [1.29, 1.82) is 0 Å². The average Bonchev–Trinajstić information content (AvgIpc) is 3.09. The van der Waals surface area contributed by atoms with Gasteiger partial charge in [0.1, 0.15) is 12.2 Å². The minimum absolute atomic E-state index is 0.0180. The molecular formula is C21H23N3O3. The van der Waals surface area contributed by atoms with Crippen LogP contribution in [0.25, 0.3) is 11.4 Å². The third kappa shape index (κ3) is 4.73. The average molecular weight is 365 g/mol. The highest BCUT2D eigenvalue weighted by molar-refractivity contribution is 5.91. The van der Waals surface area contributed by atoms with E-state index >= 15 is 0 Å². The lowest BCUT2D eigenvalue weighted by molar-refractivity contribution is -0.115. The van der Waals surface area contributed by atoms with Gasteiger partial charge in [0.05, 0.1) is 7.11 Å².